The predicted molar refractivity (Wildman–Crippen MR) is 128 cm³/mol. The van der Waals surface area contributed by atoms with Gasteiger partial charge in [0.1, 0.15) is 11.7 Å². The van der Waals surface area contributed by atoms with Gasteiger partial charge in [-0.3, -0.25) is 9.59 Å². The van der Waals surface area contributed by atoms with Crippen molar-refractivity contribution < 1.29 is 24.2 Å². The summed E-state index contributed by atoms with van der Waals surface area (Å²) in [6.07, 6.45) is 7.65. The molecule has 0 unspecified atom stereocenters. The van der Waals surface area contributed by atoms with Gasteiger partial charge in [-0.25, -0.2) is 4.98 Å². The van der Waals surface area contributed by atoms with Crippen LogP contribution in [0.4, 0.5) is 0 Å². The van der Waals surface area contributed by atoms with E-state index in [4.69, 9.17) is 9.47 Å². The number of hydrogen-bond donors (Lipinski definition) is 1. The van der Waals surface area contributed by atoms with Crippen LogP contribution < -0.4 is 4.74 Å². The molecule has 188 valence electrons. The fraction of sp³-hybridized carbons (Fsp3) is 0.731. The highest BCUT2D eigenvalue weighted by molar-refractivity contribution is 5.97. The summed E-state index contributed by atoms with van der Waals surface area (Å²) in [5.74, 6) is 0.647. The maximum absolute atomic E-state index is 13.6. The molecule has 1 saturated carbocycles. The standard InChI is InChI=1S/C26H39N3O5/c1-17-14-29(18(2)16-30)26(32)22-12-21(19-6-4-5-7-19)13-27-24(22)34-23(17)15-28(3)25(31)20-8-10-33-11-9-20/h12-13,17-20,23,30H,4-11,14-16H2,1-3H3/t17-,18+,23+/m1/s1. The van der Waals surface area contributed by atoms with Crippen molar-refractivity contribution in [2.45, 2.75) is 70.4 Å². The second kappa shape index (κ2) is 11.0. The highest BCUT2D eigenvalue weighted by Gasteiger charge is 2.36. The van der Waals surface area contributed by atoms with Crippen molar-refractivity contribution in [2.75, 3.05) is 40.0 Å². The highest BCUT2D eigenvalue weighted by Crippen LogP contribution is 2.36. The van der Waals surface area contributed by atoms with Gasteiger partial charge >= 0.3 is 0 Å². The molecule has 4 rings (SSSR count). The van der Waals surface area contributed by atoms with Crippen molar-refractivity contribution in [3.63, 3.8) is 0 Å². The minimum Gasteiger partial charge on any atom is -0.472 e. The maximum Gasteiger partial charge on any atom is 0.259 e. The number of hydrogen-bond acceptors (Lipinski definition) is 6. The second-order valence-corrected chi connectivity index (χ2v) is 10.3. The summed E-state index contributed by atoms with van der Waals surface area (Å²) in [6.45, 7) is 5.87. The number of aromatic nitrogens is 1. The lowest BCUT2D eigenvalue weighted by molar-refractivity contribution is -0.138. The molecule has 0 spiro atoms. The summed E-state index contributed by atoms with van der Waals surface area (Å²) in [5.41, 5.74) is 1.54. The maximum atomic E-state index is 13.6. The molecule has 34 heavy (non-hydrogen) atoms. The Hall–Kier alpha value is -2.19. The third-order valence-corrected chi connectivity index (χ3v) is 7.77. The van der Waals surface area contributed by atoms with Crippen LogP contribution in [0, 0.1) is 11.8 Å². The molecule has 1 saturated heterocycles. The van der Waals surface area contributed by atoms with Gasteiger partial charge in [0.15, 0.2) is 0 Å². The normalized spacial score (nSPS) is 25.3. The Morgan fingerprint density at radius 1 is 1.26 bits per heavy atom. The van der Waals surface area contributed by atoms with E-state index < -0.39 is 0 Å². The number of pyridine rings is 1. The Kier molecular flexibility index (Phi) is 8.09. The van der Waals surface area contributed by atoms with Crippen LogP contribution in [0.15, 0.2) is 12.3 Å². The van der Waals surface area contributed by atoms with E-state index in [0.29, 0.717) is 43.7 Å². The molecule has 3 aliphatic rings. The third-order valence-electron chi connectivity index (χ3n) is 7.77. The van der Waals surface area contributed by atoms with E-state index in [-0.39, 0.29) is 42.4 Å². The van der Waals surface area contributed by atoms with Crippen LogP contribution in [0.25, 0.3) is 0 Å². The number of ether oxygens (including phenoxy) is 2. The molecule has 1 aliphatic carbocycles. The van der Waals surface area contributed by atoms with E-state index >= 15 is 0 Å². The average molecular weight is 474 g/mol. The fourth-order valence-electron chi connectivity index (χ4n) is 5.43. The molecule has 0 aromatic carbocycles. The molecule has 2 amide bonds. The lowest BCUT2D eigenvalue weighted by atomic mass is 9.95. The molecule has 0 radical (unpaired) electrons. The van der Waals surface area contributed by atoms with Gasteiger partial charge in [0.25, 0.3) is 5.91 Å². The molecule has 2 fully saturated rings. The summed E-state index contributed by atoms with van der Waals surface area (Å²) in [6, 6.07) is 1.63. The fourth-order valence-corrected chi connectivity index (χ4v) is 5.43. The number of amides is 2. The minimum atomic E-state index is -0.321. The SMILES string of the molecule is C[C@@H]1CN([C@@H](C)CO)C(=O)c2cc(C3CCCC3)cnc2O[C@H]1CN(C)C(=O)C1CCOCC1. The molecule has 3 atom stereocenters. The van der Waals surface area contributed by atoms with Crippen LogP contribution in [0.1, 0.15) is 74.2 Å². The minimum absolute atomic E-state index is 0.0190. The number of fused-ring (bicyclic) bond motifs is 1. The monoisotopic (exact) mass is 473 g/mol. The highest BCUT2D eigenvalue weighted by atomic mass is 16.5. The number of likely N-dealkylation sites (N-methyl/N-ethyl adjacent to an activating group) is 1. The summed E-state index contributed by atoms with van der Waals surface area (Å²) >= 11 is 0. The third kappa shape index (κ3) is 5.38. The van der Waals surface area contributed by atoms with Crippen molar-refractivity contribution in [3.05, 3.63) is 23.4 Å². The first-order valence-electron chi connectivity index (χ1n) is 12.8. The number of rotatable bonds is 6. The van der Waals surface area contributed by atoms with Crippen molar-refractivity contribution in [3.8, 4) is 5.88 Å². The van der Waals surface area contributed by atoms with Crippen LogP contribution in [-0.4, -0.2) is 83.8 Å². The second-order valence-electron chi connectivity index (χ2n) is 10.3. The largest absolute Gasteiger partial charge is 0.472 e. The molecule has 0 bridgehead atoms. The van der Waals surface area contributed by atoms with Gasteiger partial charge in [0.05, 0.1) is 19.2 Å². The topological polar surface area (TPSA) is 92.2 Å². The lowest BCUT2D eigenvalue weighted by Gasteiger charge is -2.38. The van der Waals surface area contributed by atoms with E-state index in [9.17, 15) is 14.7 Å². The Bertz CT molecular complexity index is 866. The zero-order valence-corrected chi connectivity index (χ0v) is 20.7. The van der Waals surface area contributed by atoms with E-state index in [1.165, 1.54) is 12.8 Å². The Morgan fingerprint density at radius 3 is 2.65 bits per heavy atom. The molecule has 8 nitrogen and oxygen atoms in total. The van der Waals surface area contributed by atoms with Crippen LogP contribution in [0.3, 0.4) is 0 Å². The summed E-state index contributed by atoms with van der Waals surface area (Å²) in [5, 5.41) is 9.85. The van der Waals surface area contributed by atoms with Gasteiger partial charge < -0.3 is 24.4 Å². The van der Waals surface area contributed by atoms with Crippen LogP contribution >= 0.6 is 0 Å². The first kappa shape index (κ1) is 24.9. The molecule has 1 aromatic rings. The number of nitrogens with zero attached hydrogens (tertiary/aromatic N) is 3. The molecule has 8 heteroatoms. The smallest absolute Gasteiger partial charge is 0.259 e. The van der Waals surface area contributed by atoms with Crippen molar-refractivity contribution in [1.82, 2.24) is 14.8 Å². The van der Waals surface area contributed by atoms with E-state index in [0.717, 1.165) is 31.2 Å². The summed E-state index contributed by atoms with van der Waals surface area (Å²) in [4.78, 5) is 34.7. The van der Waals surface area contributed by atoms with Gasteiger partial charge in [-0.1, -0.05) is 19.8 Å². The number of carbonyl (C=O) groups excluding carboxylic acids is 2. The molecule has 1 aromatic heterocycles. The summed E-state index contributed by atoms with van der Waals surface area (Å²) < 4.78 is 11.8. The molecular weight excluding hydrogens is 434 g/mol. The van der Waals surface area contributed by atoms with Gasteiger partial charge in [0.2, 0.25) is 11.8 Å². The number of carbonyl (C=O) groups is 2. The quantitative estimate of drug-likeness (QED) is 0.683. The zero-order chi connectivity index (χ0) is 24.2. The molecule has 3 heterocycles. The van der Waals surface area contributed by atoms with Crippen LogP contribution in [0.2, 0.25) is 0 Å². The molecular formula is C26H39N3O5. The number of aliphatic hydroxyl groups is 1. The van der Waals surface area contributed by atoms with Gasteiger partial charge in [-0.2, -0.15) is 0 Å². The van der Waals surface area contributed by atoms with Crippen LogP contribution in [-0.2, 0) is 9.53 Å². The Labute approximate surface area is 202 Å². The molecule has 1 N–H and O–H groups in total. The van der Waals surface area contributed by atoms with E-state index in [1.54, 1.807) is 9.80 Å². The predicted octanol–water partition coefficient (Wildman–Crippen LogP) is 2.84. The number of aliphatic hydroxyl groups excluding tert-OH is 1. The van der Waals surface area contributed by atoms with Gasteiger partial charge in [-0.05, 0) is 50.2 Å². The zero-order valence-electron chi connectivity index (χ0n) is 20.7. The average Bonchev–Trinajstić information content (AvgIpc) is 3.40. The van der Waals surface area contributed by atoms with E-state index in [1.807, 2.05) is 33.2 Å². The Morgan fingerprint density at radius 2 is 1.97 bits per heavy atom. The van der Waals surface area contributed by atoms with Crippen molar-refractivity contribution in [2.24, 2.45) is 11.8 Å². The Balaban J connectivity index is 1.60. The van der Waals surface area contributed by atoms with Crippen molar-refractivity contribution >= 4 is 11.8 Å². The molecule has 2 aliphatic heterocycles. The summed E-state index contributed by atoms with van der Waals surface area (Å²) in [7, 11) is 1.82. The van der Waals surface area contributed by atoms with Gasteiger partial charge in [-0.15, -0.1) is 0 Å². The van der Waals surface area contributed by atoms with Crippen molar-refractivity contribution in [1.29, 1.82) is 0 Å². The van der Waals surface area contributed by atoms with E-state index in [2.05, 4.69) is 4.98 Å². The lowest BCUT2D eigenvalue weighted by Crippen LogP contribution is -2.51. The van der Waals surface area contributed by atoms with Crippen LogP contribution in [0.5, 0.6) is 5.88 Å². The first-order chi connectivity index (χ1) is 16.4. The van der Waals surface area contributed by atoms with Gasteiger partial charge in [0, 0.05) is 44.8 Å². The first-order valence-corrected chi connectivity index (χ1v) is 12.8.